The molecule has 0 aliphatic rings. The van der Waals surface area contributed by atoms with Crippen LogP contribution in [0, 0.1) is 11.6 Å². The number of aryl methyl sites for hydroxylation is 1. The standard InChI is InChI=1S/C14H17F2NO3/c1-2-3-12(14(19)20)17-13(18)7-5-9-4-6-10(15)11(16)8-9/h4,6,8,12H,2-3,5,7H2,1H3,(H,17,18)(H,19,20)/t12-/m1/s1. The molecule has 1 aromatic carbocycles. The minimum atomic E-state index is -1.08. The van der Waals surface area contributed by atoms with Crippen molar-refractivity contribution in [2.45, 2.75) is 38.6 Å². The highest BCUT2D eigenvalue weighted by Crippen LogP contribution is 2.10. The van der Waals surface area contributed by atoms with Gasteiger partial charge in [-0.25, -0.2) is 13.6 Å². The Bertz CT molecular complexity index is 491. The summed E-state index contributed by atoms with van der Waals surface area (Å²) in [6, 6.07) is 2.52. The molecule has 0 aliphatic heterocycles. The van der Waals surface area contributed by atoms with E-state index >= 15 is 0 Å². The average Bonchev–Trinajstić information content (AvgIpc) is 2.39. The van der Waals surface area contributed by atoms with E-state index in [4.69, 9.17) is 5.11 Å². The monoisotopic (exact) mass is 285 g/mol. The lowest BCUT2D eigenvalue weighted by Gasteiger charge is -2.13. The molecule has 0 heterocycles. The predicted molar refractivity (Wildman–Crippen MR) is 69.2 cm³/mol. The number of carbonyl (C=O) groups is 2. The van der Waals surface area contributed by atoms with Gasteiger partial charge in [0.2, 0.25) is 5.91 Å². The molecule has 4 nitrogen and oxygen atoms in total. The van der Waals surface area contributed by atoms with Gasteiger partial charge in [-0.1, -0.05) is 19.4 Å². The van der Waals surface area contributed by atoms with Gasteiger partial charge < -0.3 is 10.4 Å². The molecule has 0 aromatic heterocycles. The summed E-state index contributed by atoms with van der Waals surface area (Å²) in [5, 5.41) is 11.3. The smallest absolute Gasteiger partial charge is 0.326 e. The number of halogens is 2. The van der Waals surface area contributed by atoms with Crippen molar-refractivity contribution in [1.29, 1.82) is 0 Å². The molecule has 0 spiro atoms. The second-order valence-electron chi connectivity index (χ2n) is 4.50. The molecule has 0 saturated carbocycles. The molecule has 0 fully saturated rings. The third-order valence-corrected chi connectivity index (χ3v) is 2.84. The Kier molecular flexibility index (Phi) is 6.09. The lowest BCUT2D eigenvalue weighted by molar-refractivity contribution is -0.142. The Labute approximate surface area is 115 Å². The van der Waals surface area contributed by atoms with Crippen molar-refractivity contribution in [2.24, 2.45) is 0 Å². The third-order valence-electron chi connectivity index (χ3n) is 2.84. The topological polar surface area (TPSA) is 66.4 Å². The van der Waals surface area contributed by atoms with Crippen molar-refractivity contribution in [2.75, 3.05) is 0 Å². The van der Waals surface area contributed by atoms with Crippen LogP contribution >= 0.6 is 0 Å². The molecule has 0 bridgehead atoms. The van der Waals surface area contributed by atoms with E-state index in [1.807, 2.05) is 6.92 Å². The zero-order valence-electron chi connectivity index (χ0n) is 11.2. The van der Waals surface area contributed by atoms with E-state index in [1.54, 1.807) is 0 Å². The van der Waals surface area contributed by atoms with Gasteiger partial charge in [0, 0.05) is 6.42 Å². The van der Waals surface area contributed by atoms with E-state index in [0.29, 0.717) is 18.4 Å². The first-order chi connectivity index (χ1) is 9.43. The number of carboxylic acid groups (broad SMARTS) is 1. The second-order valence-corrected chi connectivity index (χ2v) is 4.50. The Morgan fingerprint density at radius 1 is 1.30 bits per heavy atom. The molecule has 110 valence electrons. The van der Waals surface area contributed by atoms with Gasteiger partial charge in [-0.15, -0.1) is 0 Å². The molecular formula is C14H17F2NO3. The zero-order chi connectivity index (χ0) is 15.1. The third kappa shape index (κ3) is 4.95. The van der Waals surface area contributed by atoms with Gasteiger partial charge in [-0.3, -0.25) is 4.79 Å². The van der Waals surface area contributed by atoms with E-state index in [0.717, 1.165) is 12.1 Å². The largest absolute Gasteiger partial charge is 0.480 e. The SMILES string of the molecule is CCC[C@@H](NC(=O)CCc1ccc(F)c(F)c1)C(=O)O. The summed E-state index contributed by atoms with van der Waals surface area (Å²) in [7, 11) is 0. The highest BCUT2D eigenvalue weighted by atomic mass is 19.2. The number of carbonyl (C=O) groups excluding carboxylic acids is 1. The number of amides is 1. The van der Waals surface area contributed by atoms with Crippen LogP contribution in [-0.4, -0.2) is 23.0 Å². The maximum atomic E-state index is 13.0. The van der Waals surface area contributed by atoms with Gasteiger partial charge in [0.05, 0.1) is 0 Å². The summed E-state index contributed by atoms with van der Waals surface area (Å²) in [5.74, 6) is -3.40. The molecule has 1 aromatic rings. The van der Waals surface area contributed by atoms with Crippen molar-refractivity contribution in [1.82, 2.24) is 5.32 Å². The van der Waals surface area contributed by atoms with Crippen LogP contribution in [0.1, 0.15) is 31.7 Å². The minimum Gasteiger partial charge on any atom is -0.480 e. The Hall–Kier alpha value is -1.98. The fourth-order valence-corrected chi connectivity index (χ4v) is 1.77. The maximum Gasteiger partial charge on any atom is 0.326 e. The average molecular weight is 285 g/mol. The van der Waals surface area contributed by atoms with Crippen molar-refractivity contribution >= 4 is 11.9 Å². The van der Waals surface area contributed by atoms with Gasteiger partial charge in [0.25, 0.3) is 0 Å². The van der Waals surface area contributed by atoms with Crippen molar-refractivity contribution in [3.63, 3.8) is 0 Å². The molecule has 0 saturated heterocycles. The molecule has 2 N–H and O–H groups in total. The molecule has 1 rings (SSSR count). The van der Waals surface area contributed by atoms with E-state index in [1.165, 1.54) is 6.07 Å². The fourth-order valence-electron chi connectivity index (χ4n) is 1.77. The number of aliphatic carboxylic acids is 1. The van der Waals surface area contributed by atoms with E-state index in [9.17, 15) is 18.4 Å². The van der Waals surface area contributed by atoms with Gasteiger partial charge in [-0.2, -0.15) is 0 Å². The highest BCUT2D eigenvalue weighted by Gasteiger charge is 2.18. The lowest BCUT2D eigenvalue weighted by Crippen LogP contribution is -2.40. The molecule has 1 atom stereocenters. The van der Waals surface area contributed by atoms with E-state index < -0.39 is 29.6 Å². The summed E-state index contributed by atoms with van der Waals surface area (Å²) in [6.07, 6.45) is 1.24. The van der Waals surface area contributed by atoms with Gasteiger partial charge in [-0.05, 0) is 30.5 Å². The number of carboxylic acids is 1. The Morgan fingerprint density at radius 3 is 2.55 bits per heavy atom. The first-order valence-corrected chi connectivity index (χ1v) is 6.40. The van der Waals surface area contributed by atoms with Crippen LogP contribution < -0.4 is 5.32 Å². The maximum absolute atomic E-state index is 13.0. The summed E-state index contributed by atoms with van der Waals surface area (Å²) in [4.78, 5) is 22.5. The highest BCUT2D eigenvalue weighted by molar-refractivity contribution is 5.83. The molecule has 0 radical (unpaired) electrons. The molecule has 0 unspecified atom stereocenters. The van der Waals surface area contributed by atoms with Crippen molar-refractivity contribution in [3.8, 4) is 0 Å². The molecule has 20 heavy (non-hydrogen) atoms. The van der Waals surface area contributed by atoms with Crippen molar-refractivity contribution in [3.05, 3.63) is 35.4 Å². The van der Waals surface area contributed by atoms with Crippen LogP contribution in [0.15, 0.2) is 18.2 Å². The van der Waals surface area contributed by atoms with E-state index in [-0.39, 0.29) is 12.8 Å². The molecule has 0 aliphatic carbocycles. The summed E-state index contributed by atoms with van der Waals surface area (Å²) >= 11 is 0. The fraction of sp³-hybridized carbons (Fsp3) is 0.429. The van der Waals surface area contributed by atoms with Crippen LogP contribution in [0.2, 0.25) is 0 Å². The number of rotatable bonds is 7. The zero-order valence-corrected chi connectivity index (χ0v) is 11.2. The molecule has 1 amide bonds. The number of hydrogen-bond donors (Lipinski definition) is 2. The summed E-state index contributed by atoms with van der Waals surface area (Å²) in [5.41, 5.74) is 0.487. The number of nitrogens with one attached hydrogen (secondary N) is 1. The van der Waals surface area contributed by atoms with Crippen LogP contribution in [-0.2, 0) is 16.0 Å². The molecular weight excluding hydrogens is 268 g/mol. The minimum absolute atomic E-state index is 0.0264. The summed E-state index contributed by atoms with van der Waals surface area (Å²) in [6.45, 7) is 1.82. The molecule has 6 heteroatoms. The van der Waals surface area contributed by atoms with Crippen LogP contribution in [0.4, 0.5) is 8.78 Å². The van der Waals surface area contributed by atoms with Crippen molar-refractivity contribution < 1.29 is 23.5 Å². The lowest BCUT2D eigenvalue weighted by atomic mass is 10.1. The van der Waals surface area contributed by atoms with Crippen LogP contribution in [0.25, 0.3) is 0 Å². The first-order valence-electron chi connectivity index (χ1n) is 6.40. The van der Waals surface area contributed by atoms with Gasteiger partial charge in [0.1, 0.15) is 6.04 Å². The first kappa shape index (κ1) is 16.1. The summed E-state index contributed by atoms with van der Waals surface area (Å²) < 4.78 is 25.7. The predicted octanol–water partition coefficient (Wildman–Crippen LogP) is 2.27. The van der Waals surface area contributed by atoms with E-state index in [2.05, 4.69) is 5.32 Å². The normalized spacial score (nSPS) is 11.9. The number of benzene rings is 1. The Balaban J connectivity index is 2.50. The van der Waals surface area contributed by atoms with Crippen LogP contribution in [0.5, 0.6) is 0 Å². The Morgan fingerprint density at radius 2 is 2.00 bits per heavy atom. The van der Waals surface area contributed by atoms with Crippen LogP contribution in [0.3, 0.4) is 0 Å². The number of hydrogen-bond acceptors (Lipinski definition) is 2. The van der Waals surface area contributed by atoms with Gasteiger partial charge >= 0.3 is 5.97 Å². The quantitative estimate of drug-likeness (QED) is 0.807. The van der Waals surface area contributed by atoms with Gasteiger partial charge in [0.15, 0.2) is 11.6 Å². The second kappa shape index (κ2) is 7.57.